The first kappa shape index (κ1) is 13.9. The maximum atomic E-state index is 11.7. The fourth-order valence-electron chi connectivity index (χ4n) is 2.46. The Hall–Kier alpha value is -1.52. The lowest BCUT2D eigenvalue weighted by molar-refractivity contribution is 0.0500. The Bertz CT molecular complexity index is 460. The molecule has 5 heteroatoms. The van der Waals surface area contributed by atoms with Crippen LogP contribution < -0.4 is 5.32 Å². The number of carbonyl (C=O) groups excluding carboxylic acids is 1. The second kappa shape index (κ2) is 5.23. The monoisotopic (exact) mass is 265 g/mol. The van der Waals surface area contributed by atoms with Crippen molar-refractivity contribution in [1.82, 2.24) is 15.1 Å². The fraction of sp³-hybridized carbons (Fsp3) is 0.714. The van der Waals surface area contributed by atoms with Crippen LogP contribution >= 0.6 is 0 Å². The van der Waals surface area contributed by atoms with Crippen molar-refractivity contribution in [3.63, 3.8) is 0 Å². The number of ether oxygens (including phenoxy) is 1. The van der Waals surface area contributed by atoms with Gasteiger partial charge in [0.25, 0.3) is 0 Å². The van der Waals surface area contributed by atoms with E-state index in [2.05, 4.69) is 17.3 Å². The summed E-state index contributed by atoms with van der Waals surface area (Å²) >= 11 is 0. The fourth-order valence-corrected chi connectivity index (χ4v) is 2.46. The highest BCUT2D eigenvalue weighted by Gasteiger charge is 2.25. The van der Waals surface area contributed by atoms with Crippen LogP contribution in [0, 0.1) is 0 Å². The normalized spacial score (nSPS) is 18.8. The second-order valence-electron chi connectivity index (χ2n) is 6.02. The molecule has 1 aromatic rings. The zero-order valence-electron chi connectivity index (χ0n) is 12.2. The number of aromatic nitrogens is 2. The number of nitrogens with one attached hydrogen (secondary N) is 1. The predicted octanol–water partition coefficient (Wildman–Crippen LogP) is 2.29. The molecule has 1 atom stereocenters. The van der Waals surface area contributed by atoms with E-state index in [-0.39, 0.29) is 12.1 Å². The highest BCUT2D eigenvalue weighted by Crippen LogP contribution is 2.21. The maximum Gasteiger partial charge on any atom is 0.407 e. The molecule has 0 spiro atoms. The molecule has 1 aliphatic rings. The first-order valence-corrected chi connectivity index (χ1v) is 6.92. The van der Waals surface area contributed by atoms with Gasteiger partial charge in [-0.2, -0.15) is 5.10 Å². The molecule has 0 aromatic carbocycles. The van der Waals surface area contributed by atoms with E-state index in [0.717, 1.165) is 25.8 Å². The average Bonchev–Trinajstić information content (AvgIpc) is 2.68. The summed E-state index contributed by atoms with van der Waals surface area (Å²) in [7, 11) is 0. The summed E-state index contributed by atoms with van der Waals surface area (Å²) in [5.74, 6) is 0. The zero-order valence-corrected chi connectivity index (χ0v) is 12.2. The van der Waals surface area contributed by atoms with E-state index in [1.54, 1.807) is 0 Å². The Morgan fingerprint density at radius 1 is 1.58 bits per heavy atom. The van der Waals surface area contributed by atoms with Crippen LogP contribution in [-0.4, -0.2) is 27.5 Å². The second-order valence-corrected chi connectivity index (χ2v) is 6.02. The number of amides is 1. The quantitative estimate of drug-likeness (QED) is 0.892. The van der Waals surface area contributed by atoms with E-state index in [1.807, 2.05) is 31.6 Å². The molecule has 0 radical (unpaired) electrons. The van der Waals surface area contributed by atoms with Gasteiger partial charge in [-0.3, -0.25) is 4.68 Å². The van der Waals surface area contributed by atoms with Crippen LogP contribution in [-0.2, 0) is 24.1 Å². The molecular weight excluding hydrogens is 242 g/mol. The van der Waals surface area contributed by atoms with E-state index in [0.29, 0.717) is 0 Å². The van der Waals surface area contributed by atoms with Gasteiger partial charge in [-0.25, -0.2) is 4.79 Å². The summed E-state index contributed by atoms with van der Waals surface area (Å²) in [4.78, 5) is 11.7. The highest BCUT2D eigenvalue weighted by atomic mass is 16.6. The van der Waals surface area contributed by atoms with Crippen molar-refractivity contribution in [2.24, 2.45) is 0 Å². The Labute approximate surface area is 114 Å². The lowest BCUT2D eigenvalue weighted by atomic mass is 9.93. The van der Waals surface area contributed by atoms with E-state index in [4.69, 9.17) is 4.74 Å². The van der Waals surface area contributed by atoms with Crippen LogP contribution in [0.4, 0.5) is 4.79 Å². The van der Waals surface area contributed by atoms with Crippen molar-refractivity contribution < 1.29 is 9.53 Å². The molecule has 106 valence electrons. The molecule has 1 aliphatic carbocycles. The largest absolute Gasteiger partial charge is 0.444 e. The third kappa shape index (κ3) is 3.49. The van der Waals surface area contributed by atoms with Crippen LogP contribution in [0.15, 0.2) is 6.20 Å². The van der Waals surface area contributed by atoms with Crippen molar-refractivity contribution >= 4 is 6.09 Å². The third-order valence-corrected chi connectivity index (χ3v) is 3.25. The summed E-state index contributed by atoms with van der Waals surface area (Å²) in [6.07, 6.45) is 4.33. The Balaban J connectivity index is 1.93. The number of hydrogen-bond acceptors (Lipinski definition) is 3. The summed E-state index contributed by atoms with van der Waals surface area (Å²) < 4.78 is 7.32. The number of carbonyl (C=O) groups is 1. The van der Waals surface area contributed by atoms with Crippen LogP contribution in [0.5, 0.6) is 0 Å². The first-order chi connectivity index (χ1) is 8.89. The van der Waals surface area contributed by atoms with E-state index >= 15 is 0 Å². The van der Waals surface area contributed by atoms with Gasteiger partial charge in [0.2, 0.25) is 0 Å². The third-order valence-electron chi connectivity index (χ3n) is 3.25. The molecule has 1 N–H and O–H groups in total. The van der Waals surface area contributed by atoms with Crippen molar-refractivity contribution in [2.45, 2.75) is 65.1 Å². The summed E-state index contributed by atoms with van der Waals surface area (Å²) in [5, 5.41) is 7.31. The number of rotatable bonds is 2. The molecule has 1 amide bonds. The number of aryl methyl sites for hydroxylation is 1. The van der Waals surface area contributed by atoms with Crippen molar-refractivity contribution in [2.75, 3.05) is 0 Å². The van der Waals surface area contributed by atoms with Gasteiger partial charge in [0, 0.05) is 18.3 Å². The minimum Gasteiger partial charge on any atom is -0.444 e. The summed E-state index contributed by atoms with van der Waals surface area (Å²) in [5.41, 5.74) is 2.11. The smallest absolute Gasteiger partial charge is 0.407 e. The average molecular weight is 265 g/mol. The van der Waals surface area contributed by atoms with Crippen LogP contribution in [0.25, 0.3) is 0 Å². The minimum absolute atomic E-state index is 0.150. The number of hydrogen-bond donors (Lipinski definition) is 1. The minimum atomic E-state index is -0.447. The van der Waals surface area contributed by atoms with Crippen LogP contribution in [0.2, 0.25) is 0 Å². The summed E-state index contributed by atoms with van der Waals surface area (Å²) in [6.45, 7) is 8.61. The molecule has 0 fully saturated rings. The number of nitrogens with zero attached hydrogens (tertiary/aromatic N) is 2. The van der Waals surface area contributed by atoms with Crippen molar-refractivity contribution in [3.05, 3.63) is 17.5 Å². The predicted molar refractivity (Wildman–Crippen MR) is 73.1 cm³/mol. The Morgan fingerprint density at radius 2 is 2.32 bits per heavy atom. The van der Waals surface area contributed by atoms with E-state index in [1.165, 1.54) is 11.3 Å². The Kier molecular flexibility index (Phi) is 3.83. The zero-order chi connectivity index (χ0) is 14.0. The van der Waals surface area contributed by atoms with Gasteiger partial charge in [-0.05, 0) is 52.5 Å². The lowest BCUT2D eigenvalue weighted by Gasteiger charge is -2.26. The van der Waals surface area contributed by atoms with Gasteiger partial charge in [-0.15, -0.1) is 0 Å². The van der Waals surface area contributed by atoms with Gasteiger partial charge in [0.1, 0.15) is 5.60 Å². The van der Waals surface area contributed by atoms with E-state index < -0.39 is 5.60 Å². The number of fused-ring (bicyclic) bond motifs is 1. The molecule has 19 heavy (non-hydrogen) atoms. The van der Waals surface area contributed by atoms with E-state index in [9.17, 15) is 4.79 Å². The molecule has 2 rings (SSSR count). The molecule has 0 bridgehead atoms. The Morgan fingerprint density at radius 3 is 2.95 bits per heavy atom. The van der Waals surface area contributed by atoms with Crippen molar-refractivity contribution in [1.29, 1.82) is 0 Å². The van der Waals surface area contributed by atoms with Gasteiger partial charge in [0.05, 0.1) is 6.20 Å². The molecular formula is C14H23N3O2. The van der Waals surface area contributed by atoms with Gasteiger partial charge >= 0.3 is 6.09 Å². The lowest BCUT2D eigenvalue weighted by Crippen LogP contribution is -2.41. The number of alkyl carbamates (subject to hydrolysis) is 1. The molecule has 1 heterocycles. The van der Waals surface area contributed by atoms with Gasteiger partial charge < -0.3 is 10.1 Å². The van der Waals surface area contributed by atoms with Crippen molar-refractivity contribution in [3.8, 4) is 0 Å². The molecule has 0 saturated carbocycles. The standard InChI is InChI=1S/C14H23N3O2/c1-5-17-12-7-6-11(8-10(12)9-15-17)16-13(18)19-14(2,3)4/h9,11H,5-8H2,1-4H3,(H,16,18)/t11-/m0/s1. The molecule has 5 nitrogen and oxygen atoms in total. The maximum absolute atomic E-state index is 11.7. The molecule has 0 unspecified atom stereocenters. The first-order valence-electron chi connectivity index (χ1n) is 6.92. The van der Waals surface area contributed by atoms with Crippen LogP contribution in [0.1, 0.15) is 45.4 Å². The molecule has 0 aliphatic heterocycles. The highest BCUT2D eigenvalue weighted by molar-refractivity contribution is 5.68. The van der Waals surface area contributed by atoms with Crippen LogP contribution in [0.3, 0.4) is 0 Å². The topological polar surface area (TPSA) is 56.2 Å². The summed E-state index contributed by atoms with van der Waals surface area (Å²) in [6, 6.07) is 0.150. The SMILES string of the molecule is CCn1ncc2c1CC[C@H](NC(=O)OC(C)(C)C)C2. The molecule has 0 saturated heterocycles. The van der Waals surface area contributed by atoms with Gasteiger partial charge in [-0.1, -0.05) is 0 Å². The molecule has 1 aromatic heterocycles. The van der Waals surface area contributed by atoms with Gasteiger partial charge in [0.15, 0.2) is 0 Å².